The third kappa shape index (κ3) is 1.77. The van der Waals surface area contributed by atoms with Crippen LogP contribution in [0.1, 0.15) is 24.8 Å². The molecule has 14 heavy (non-hydrogen) atoms. The Hall–Kier alpha value is -0.240. The SMILES string of the molecule is C[C@H](O)[C@@H]1C[C@@H]1c1cccc(Cl)c1Cl. The minimum atomic E-state index is -0.255. The average molecular weight is 231 g/mol. The minimum Gasteiger partial charge on any atom is -0.393 e. The lowest BCUT2D eigenvalue weighted by Gasteiger charge is -2.06. The Labute approximate surface area is 93.7 Å². The van der Waals surface area contributed by atoms with Crippen LogP contribution in [0, 0.1) is 5.92 Å². The van der Waals surface area contributed by atoms with Crippen molar-refractivity contribution in [2.45, 2.75) is 25.4 Å². The molecule has 0 spiro atoms. The van der Waals surface area contributed by atoms with Gasteiger partial charge in [0.1, 0.15) is 0 Å². The molecule has 1 aromatic rings. The van der Waals surface area contributed by atoms with Crippen molar-refractivity contribution >= 4 is 23.2 Å². The highest BCUT2D eigenvalue weighted by Crippen LogP contribution is 2.52. The van der Waals surface area contributed by atoms with Crippen LogP contribution in [-0.4, -0.2) is 11.2 Å². The smallest absolute Gasteiger partial charge is 0.0627 e. The molecular weight excluding hydrogens is 219 g/mol. The van der Waals surface area contributed by atoms with Gasteiger partial charge in [0.2, 0.25) is 0 Å². The lowest BCUT2D eigenvalue weighted by Crippen LogP contribution is -2.03. The summed E-state index contributed by atoms with van der Waals surface area (Å²) in [5, 5.41) is 10.6. The molecular formula is C11H12Cl2O. The van der Waals surface area contributed by atoms with Gasteiger partial charge in [0.25, 0.3) is 0 Å². The number of aliphatic hydroxyl groups is 1. The fourth-order valence-corrected chi connectivity index (χ4v) is 2.36. The molecule has 1 saturated carbocycles. The molecule has 1 N–H and O–H groups in total. The van der Waals surface area contributed by atoms with Crippen LogP contribution in [0.25, 0.3) is 0 Å². The molecule has 0 heterocycles. The second-order valence-corrected chi connectivity index (χ2v) is 4.67. The Kier molecular flexibility index (Phi) is 2.74. The molecule has 0 saturated heterocycles. The Balaban J connectivity index is 2.23. The van der Waals surface area contributed by atoms with Crippen molar-refractivity contribution in [2.75, 3.05) is 0 Å². The van der Waals surface area contributed by atoms with Crippen molar-refractivity contribution in [3.05, 3.63) is 33.8 Å². The third-order valence-corrected chi connectivity index (χ3v) is 3.67. The molecule has 1 aromatic carbocycles. The molecule has 1 fully saturated rings. The van der Waals surface area contributed by atoms with Crippen molar-refractivity contribution in [1.29, 1.82) is 0 Å². The lowest BCUT2D eigenvalue weighted by atomic mass is 10.1. The minimum absolute atomic E-state index is 0.255. The van der Waals surface area contributed by atoms with Crippen molar-refractivity contribution < 1.29 is 5.11 Å². The highest BCUT2D eigenvalue weighted by Gasteiger charge is 2.42. The first kappa shape index (κ1) is 10.3. The normalized spacial score (nSPS) is 27.4. The molecule has 0 radical (unpaired) electrons. The van der Waals surface area contributed by atoms with Gasteiger partial charge in [-0.25, -0.2) is 0 Å². The fraction of sp³-hybridized carbons (Fsp3) is 0.455. The molecule has 0 aliphatic heterocycles. The number of hydrogen-bond acceptors (Lipinski definition) is 1. The molecule has 1 nitrogen and oxygen atoms in total. The molecule has 1 aliphatic carbocycles. The zero-order valence-electron chi connectivity index (χ0n) is 7.87. The van der Waals surface area contributed by atoms with Gasteiger partial charge in [-0.2, -0.15) is 0 Å². The summed E-state index contributed by atoms with van der Waals surface area (Å²) < 4.78 is 0. The van der Waals surface area contributed by atoms with Gasteiger partial charge in [-0.05, 0) is 36.8 Å². The largest absolute Gasteiger partial charge is 0.393 e. The van der Waals surface area contributed by atoms with E-state index < -0.39 is 0 Å². The predicted octanol–water partition coefficient (Wildman–Crippen LogP) is 3.48. The summed E-state index contributed by atoms with van der Waals surface area (Å²) in [6.45, 7) is 1.82. The van der Waals surface area contributed by atoms with Gasteiger partial charge in [-0.15, -0.1) is 0 Å². The summed E-state index contributed by atoms with van der Waals surface area (Å²) in [5.41, 5.74) is 1.07. The van der Waals surface area contributed by atoms with Crippen LogP contribution in [0.3, 0.4) is 0 Å². The van der Waals surface area contributed by atoms with E-state index in [0.29, 0.717) is 21.9 Å². The summed E-state index contributed by atoms with van der Waals surface area (Å²) in [5.74, 6) is 0.743. The standard InChI is InChI=1S/C11H12Cl2O/c1-6(14)8-5-9(8)7-3-2-4-10(12)11(7)13/h2-4,6,8-9,14H,5H2,1H3/t6-,8-,9+/m0/s1. The number of aliphatic hydroxyl groups excluding tert-OH is 1. The van der Waals surface area contributed by atoms with E-state index in [1.807, 2.05) is 19.1 Å². The molecule has 0 aromatic heterocycles. The highest BCUT2D eigenvalue weighted by atomic mass is 35.5. The van der Waals surface area contributed by atoms with Crippen molar-refractivity contribution in [3.8, 4) is 0 Å². The maximum absolute atomic E-state index is 9.41. The fourth-order valence-electron chi connectivity index (χ4n) is 1.91. The number of benzene rings is 1. The van der Waals surface area contributed by atoms with Gasteiger partial charge in [0.15, 0.2) is 0 Å². The van der Waals surface area contributed by atoms with E-state index in [1.165, 1.54) is 0 Å². The molecule has 3 atom stereocenters. The molecule has 1 aliphatic rings. The maximum Gasteiger partial charge on any atom is 0.0627 e. The van der Waals surface area contributed by atoms with Crippen LogP contribution in [0.15, 0.2) is 18.2 Å². The Morgan fingerprint density at radius 3 is 2.71 bits per heavy atom. The molecule has 0 unspecified atom stereocenters. The van der Waals surface area contributed by atoms with E-state index in [-0.39, 0.29) is 6.10 Å². The van der Waals surface area contributed by atoms with E-state index in [9.17, 15) is 5.11 Å². The van der Waals surface area contributed by atoms with Crippen LogP contribution in [0.2, 0.25) is 10.0 Å². The Morgan fingerprint density at radius 1 is 1.43 bits per heavy atom. The first-order chi connectivity index (χ1) is 6.61. The van der Waals surface area contributed by atoms with Gasteiger partial charge >= 0.3 is 0 Å². The summed E-state index contributed by atoms with van der Waals surface area (Å²) in [6, 6.07) is 5.68. The van der Waals surface area contributed by atoms with Crippen molar-refractivity contribution in [2.24, 2.45) is 5.92 Å². The van der Waals surface area contributed by atoms with Crippen LogP contribution < -0.4 is 0 Å². The quantitative estimate of drug-likeness (QED) is 0.826. The molecule has 0 bridgehead atoms. The van der Waals surface area contributed by atoms with Crippen LogP contribution in [-0.2, 0) is 0 Å². The second kappa shape index (κ2) is 3.73. The van der Waals surface area contributed by atoms with Crippen molar-refractivity contribution in [1.82, 2.24) is 0 Å². The summed E-state index contributed by atoms with van der Waals surface area (Å²) in [6.07, 6.45) is 0.757. The van der Waals surface area contributed by atoms with E-state index in [2.05, 4.69) is 0 Å². The first-order valence-electron chi connectivity index (χ1n) is 4.73. The van der Waals surface area contributed by atoms with E-state index in [4.69, 9.17) is 23.2 Å². The van der Waals surface area contributed by atoms with Crippen LogP contribution in [0.4, 0.5) is 0 Å². The zero-order chi connectivity index (χ0) is 10.3. The average Bonchev–Trinajstić information content (AvgIpc) is 2.89. The number of rotatable bonds is 2. The predicted molar refractivity (Wildman–Crippen MR) is 59.0 cm³/mol. The number of hydrogen-bond donors (Lipinski definition) is 1. The van der Waals surface area contributed by atoms with Gasteiger partial charge in [-0.1, -0.05) is 35.3 Å². The Bertz CT molecular complexity index is 349. The third-order valence-electron chi connectivity index (χ3n) is 2.84. The van der Waals surface area contributed by atoms with Gasteiger partial charge in [0, 0.05) is 0 Å². The maximum atomic E-state index is 9.41. The highest BCUT2D eigenvalue weighted by molar-refractivity contribution is 6.42. The first-order valence-corrected chi connectivity index (χ1v) is 5.49. The summed E-state index contributed by atoms with van der Waals surface area (Å²) in [4.78, 5) is 0. The monoisotopic (exact) mass is 230 g/mol. The van der Waals surface area contributed by atoms with E-state index >= 15 is 0 Å². The summed E-state index contributed by atoms with van der Waals surface area (Å²) in [7, 11) is 0. The Morgan fingerprint density at radius 2 is 2.14 bits per heavy atom. The molecule has 76 valence electrons. The van der Waals surface area contributed by atoms with E-state index in [0.717, 1.165) is 12.0 Å². The van der Waals surface area contributed by atoms with Crippen LogP contribution in [0.5, 0.6) is 0 Å². The van der Waals surface area contributed by atoms with E-state index in [1.54, 1.807) is 6.07 Å². The molecule has 3 heteroatoms. The lowest BCUT2D eigenvalue weighted by molar-refractivity contribution is 0.169. The van der Waals surface area contributed by atoms with Crippen molar-refractivity contribution in [3.63, 3.8) is 0 Å². The molecule has 2 rings (SSSR count). The number of halogens is 2. The molecule has 0 amide bonds. The zero-order valence-corrected chi connectivity index (χ0v) is 9.39. The second-order valence-electron chi connectivity index (χ2n) is 3.89. The summed E-state index contributed by atoms with van der Waals surface area (Å²) >= 11 is 12.0. The topological polar surface area (TPSA) is 20.2 Å². The van der Waals surface area contributed by atoms with Gasteiger partial charge in [-0.3, -0.25) is 0 Å². The van der Waals surface area contributed by atoms with Crippen LogP contribution >= 0.6 is 23.2 Å². The van der Waals surface area contributed by atoms with Gasteiger partial charge < -0.3 is 5.11 Å². The van der Waals surface area contributed by atoms with Gasteiger partial charge in [0.05, 0.1) is 16.1 Å².